The number of rotatable bonds is 14. The predicted molar refractivity (Wildman–Crippen MR) is 198 cm³/mol. The quantitative estimate of drug-likeness (QED) is 0.0707. The molecule has 5 N–H and O–H groups in total. The molecule has 55 heavy (non-hydrogen) atoms. The summed E-state index contributed by atoms with van der Waals surface area (Å²) in [5.41, 5.74) is 3.88. The van der Waals surface area contributed by atoms with Crippen molar-refractivity contribution >= 4 is 22.8 Å². The third-order valence-electron chi connectivity index (χ3n) is 9.72. The number of ether oxygens (including phenoxy) is 5. The van der Waals surface area contributed by atoms with Crippen molar-refractivity contribution < 1.29 is 38.8 Å². The molecule has 1 aliphatic heterocycles. The minimum atomic E-state index is -2.24. The molecule has 6 aromatic rings. The molecular formula is C39H38N6O10. The number of aliphatic hydroxyl groups excluding tert-OH is 1. The van der Waals surface area contributed by atoms with Crippen molar-refractivity contribution in [3.63, 3.8) is 0 Å². The Kier molecular flexibility index (Phi) is 10.3. The topological polar surface area (TPSA) is 219 Å². The highest BCUT2D eigenvalue weighted by molar-refractivity contribution is 5.70. The van der Waals surface area contributed by atoms with Gasteiger partial charge in [0.25, 0.3) is 11.2 Å². The largest absolute Gasteiger partial charge is 0.497 e. The summed E-state index contributed by atoms with van der Waals surface area (Å²) in [6.45, 7) is -1.14. The SMILES string of the molecule is COc1ccc(C(OC[C@H]2O[C@@H](n3cnc4c(=O)[nH]c(N)nc43)[C@@](O)(COCc3ccccc3[N+](=O)[O-])[C@@H]2O)(c2ccccc2)c2ccc(OC)cc2)cc1. The normalized spacial score (nSPS) is 19.7. The number of hydrogen-bond donors (Lipinski definition) is 4. The van der Waals surface area contributed by atoms with E-state index >= 15 is 0 Å². The second kappa shape index (κ2) is 15.3. The van der Waals surface area contributed by atoms with Crippen LogP contribution in [0.5, 0.6) is 11.5 Å². The molecule has 2 aromatic heterocycles. The van der Waals surface area contributed by atoms with E-state index in [0.717, 1.165) is 16.7 Å². The number of nitro groups is 1. The van der Waals surface area contributed by atoms with E-state index in [1.54, 1.807) is 20.3 Å². The highest BCUT2D eigenvalue weighted by Gasteiger charge is 2.57. The highest BCUT2D eigenvalue weighted by atomic mass is 16.6. The van der Waals surface area contributed by atoms with Gasteiger partial charge in [-0.2, -0.15) is 4.98 Å². The standard InChI is InChI=1S/C39H38N6O10/c1-51-28-16-12-26(13-17-28)39(25-9-4-3-5-10-25,27-14-18-29(52-2)19-15-27)54-21-31-33(46)38(48,22-53-20-24-8-6-7-11-30(24)45(49)50)36(55-31)44-23-41-32-34(44)42-37(40)43-35(32)47/h3-19,23,31,33,36,46,48H,20-22H2,1-2H3,(H3,40,42,43,47)/t31-,33-,36-,38-/m1/s1. The number of aromatic nitrogens is 4. The fourth-order valence-corrected chi connectivity index (χ4v) is 6.95. The lowest BCUT2D eigenvalue weighted by molar-refractivity contribution is -0.386. The van der Waals surface area contributed by atoms with Crippen LogP contribution in [-0.4, -0.2) is 79.9 Å². The number of methoxy groups -OCH3 is 2. The van der Waals surface area contributed by atoms with Gasteiger partial charge in [0.1, 0.15) is 29.3 Å². The molecule has 0 bridgehead atoms. The molecule has 0 unspecified atom stereocenters. The third kappa shape index (κ3) is 6.88. The molecule has 0 aliphatic carbocycles. The molecule has 0 spiro atoms. The average molecular weight is 751 g/mol. The van der Waals surface area contributed by atoms with Gasteiger partial charge >= 0.3 is 0 Å². The number of aromatic amines is 1. The molecule has 0 amide bonds. The number of nitrogens with zero attached hydrogens (tertiary/aromatic N) is 4. The Hall–Kier alpha value is -6.17. The predicted octanol–water partition coefficient (Wildman–Crippen LogP) is 3.84. The minimum Gasteiger partial charge on any atom is -0.497 e. The van der Waals surface area contributed by atoms with Crippen molar-refractivity contribution in [2.75, 3.05) is 33.2 Å². The Labute approximate surface area is 313 Å². The van der Waals surface area contributed by atoms with Crippen molar-refractivity contribution in [2.45, 2.75) is 36.2 Å². The number of nitrogen functional groups attached to an aromatic ring is 1. The number of imidazole rings is 1. The van der Waals surface area contributed by atoms with Gasteiger partial charge in [-0.25, -0.2) is 4.98 Å². The van der Waals surface area contributed by atoms with E-state index in [1.165, 1.54) is 29.1 Å². The van der Waals surface area contributed by atoms with E-state index < -0.39 is 46.7 Å². The van der Waals surface area contributed by atoms with Gasteiger partial charge in [-0.15, -0.1) is 0 Å². The molecule has 284 valence electrons. The van der Waals surface area contributed by atoms with Gasteiger partial charge in [-0.1, -0.05) is 66.7 Å². The molecule has 0 radical (unpaired) electrons. The van der Waals surface area contributed by atoms with Crippen LogP contribution in [0.2, 0.25) is 0 Å². The van der Waals surface area contributed by atoms with Crippen molar-refractivity contribution in [3.05, 3.63) is 152 Å². The lowest BCUT2D eigenvalue weighted by Gasteiger charge is -2.37. The van der Waals surface area contributed by atoms with E-state index in [-0.39, 0.29) is 41.6 Å². The Morgan fingerprint density at radius 2 is 1.55 bits per heavy atom. The van der Waals surface area contributed by atoms with Crippen LogP contribution in [0.1, 0.15) is 28.5 Å². The number of hydrogen-bond acceptors (Lipinski definition) is 13. The molecule has 1 fully saturated rings. The maximum absolute atomic E-state index is 12.7. The maximum atomic E-state index is 12.7. The summed E-state index contributed by atoms with van der Waals surface area (Å²) in [5, 5.41) is 36.1. The molecule has 0 saturated carbocycles. The number of para-hydroxylation sites is 1. The molecule has 16 nitrogen and oxygen atoms in total. The Balaban J connectivity index is 1.29. The number of nitrogens with two attached hydrogens (primary N) is 1. The highest BCUT2D eigenvalue weighted by Crippen LogP contribution is 2.45. The van der Waals surface area contributed by atoms with Crippen LogP contribution in [0.3, 0.4) is 0 Å². The van der Waals surface area contributed by atoms with Gasteiger partial charge in [-0.05, 0) is 47.0 Å². The summed E-state index contributed by atoms with van der Waals surface area (Å²) in [5.74, 6) is 1.05. The molecule has 1 saturated heterocycles. The Bertz CT molecular complexity index is 2290. The number of benzene rings is 4. The van der Waals surface area contributed by atoms with Gasteiger partial charge in [0.05, 0.1) is 50.9 Å². The first kappa shape index (κ1) is 37.2. The van der Waals surface area contributed by atoms with E-state index in [0.29, 0.717) is 11.5 Å². The molecule has 4 atom stereocenters. The fraction of sp³-hybridized carbons (Fsp3) is 0.256. The number of nitro benzene ring substituents is 1. The second-order valence-electron chi connectivity index (χ2n) is 12.9. The summed E-state index contributed by atoms with van der Waals surface area (Å²) in [6.07, 6.45) is -3.11. The van der Waals surface area contributed by atoms with Crippen LogP contribution in [0, 0.1) is 10.1 Å². The zero-order chi connectivity index (χ0) is 38.7. The lowest BCUT2D eigenvalue weighted by atomic mass is 9.80. The minimum absolute atomic E-state index is 0.0211. The van der Waals surface area contributed by atoms with Crippen LogP contribution >= 0.6 is 0 Å². The summed E-state index contributed by atoms with van der Waals surface area (Å²) in [4.78, 5) is 34.6. The first-order valence-electron chi connectivity index (χ1n) is 17.2. The van der Waals surface area contributed by atoms with Gasteiger partial charge in [-0.3, -0.25) is 24.5 Å². The van der Waals surface area contributed by atoms with E-state index in [4.69, 9.17) is 29.4 Å². The van der Waals surface area contributed by atoms with Crippen LogP contribution < -0.4 is 20.8 Å². The first-order chi connectivity index (χ1) is 26.6. The second-order valence-corrected chi connectivity index (χ2v) is 12.9. The van der Waals surface area contributed by atoms with Crippen molar-refractivity contribution in [3.8, 4) is 11.5 Å². The monoisotopic (exact) mass is 750 g/mol. The number of nitrogens with one attached hydrogen (secondary N) is 1. The average Bonchev–Trinajstić information content (AvgIpc) is 3.73. The molecular weight excluding hydrogens is 712 g/mol. The van der Waals surface area contributed by atoms with E-state index in [2.05, 4.69) is 15.0 Å². The van der Waals surface area contributed by atoms with E-state index in [1.807, 2.05) is 78.9 Å². The number of anilines is 1. The number of fused-ring (bicyclic) bond motifs is 1. The van der Waals surface area contributed by atoms with Gasteiger partial charge in [0, 0.05) is 6.07 Å². The lowest BCUT2D eigenvalue weighted by Crippen LogP contribution is -2.51. The Morgan fingerprint density at radius 3 is 2.16 bits per heavy atom. The van der Waals surface area contributed by atoms with Gasteiger partial charge in [0.15, 0.2) is 23.0 Å². The summed E-state index contributed by atoms with van der Waals surface area (Å²) in [6, 6.07) is 30.3. The molecule has 1 aliphatic rings. The van der Waals surface area contributed by atoms with Gasteiger partial charge < -0.3 is 39.6 Å². The molecule has 3 heterocycles. The summed E-state index contributed by atoms with van der Waals surface area (Å²) >= 11 is 0. The number of H-pyrrole nitrogens is 1. The van der Waals surface area contributed by atoms with Crippen LogP contribution in [0.25, 0.3) is 11.2 Å². The maximum Gasteiger partial charge on any atom is 0.280 e. The fourth-order valence-electron chi connectivity index (χ4n) is 6.95. The molecule has 16 heteroatoms. The van der Waals surface area contributed by atoms with Crippen LogP contribution in [0.4, 0.5) is 11.6 Å². The van der Waals surface area contributed by atoms with Crippen molar-refractivity contribution in [1.29, 1.82) is 0 Å². The summed E-state index contributed by atoms with van der Waals surface area (Å²) < 4.78 is 31.5. The summed E-state index contributed by atoms with van der Waals surface area (Å²) in [7, 11) is 3.15. The van der Waals surface area contributed by atoms with Gasteiger partial charge in [0.2, 0.25) is 5.95 Å². The number of aliphatic hydroxyl groups is 2. The smallest absolute Gasteiger partial charge is 0.280 e. The van der Waals surface area contributed by atoms with Crippen molar-refractivity contribution in [2.24, 2.45) is 0 Å². The van der Waals surface area contributed by atoms with Crippen molar-refractivity contribution in [1.82, 2.24) is 19.5 Å². The van der Waals surface area contributed by atoms with Crippen LogP contribution in [0.15, 0.2) is 114 Å². The zero-order valence-electron chi connectivity index (χ0n) is 29.8. The zero-order valence-corrected chi connectivity index (χ0v) is 29.8. The van der Waals surface area contributed by atoms with Crippen LogP contribution in [-0.2, 0) is 26.4 Å². The third-order valence-corrected chi connectivity index (χ3v) is 9.72. The first-order valence-corrected chi connectivity index (χ1v) is 17.2. The molecule has 7 rings (SSSR count). The van der Waals surface area contributed by atoms with E-state index in [9.17, 15) is 25.1 Å². The Morgan fingerprint density at radius 1 is 0.945 bits per heavy atom. The molecule has 4 aromatic carbocycles.